The fourth-order valence-corrected chi connectivity index (χ4v) is 4.19. The topological polar surface area (TPSA) is 60.2 Å². The molecule has 2 aromatic carbocycles. The number of nitrogens with zero attached hydrogens (tertiary/aromatic N) is 1. The van der Waals surface area contributed by atoms with Crippen LogP contribution in [0, 0.1) is 0 Å². The lowest BCUT2D eigenvalue weighted by atomic mass is 10.3. The van der Waals surface area contributed by atoms with Gasteiger partial charge in [-0.05, 0) is 24.3 Å². The molecule has 0 aliphatic rings. The van der Waals surface area contributed by atoms with E-state index in [2.05, 4.69) is 4.98 Å². The fraction of sp³-hybridized carbons (Fsp3) is 0.0714. The van der Waals surface area contributed by atoms with Crippen molar-refractivity contribution in [3.05, 3.63) is 54.6 Å². The van der Waals surface area contributed by atoms with Crippen LogP contribution >= 0.6 is 11.8 Å². The highest BCUT2D eigenvalue weighted by Crippen LogP contribution is 2.26. The molecule has 20 heavy (non-hydrogen) atoms. The van der Waals surface area contributed by atoms with Gasteiger partial charge < -0.3 is 4.42 Å². The molecule has 0 saturated carbocycles. The third kappa shape index (κ3) is 2.71. The van der Waals surface area contributed by atoms with Crippen LogP contribution in [-0.2, 0) is 9.84 Å². The molecular weight excluding hydrogens is 294 g/mol. The summed E-state index contributed by atoms with van der Waals surface area (Å²) in [5.74, 6) is 0. The predicted molar refractivity (Wildman–Crippen MR) is 78.4 cm³/mol. The van der Waals surface area contributed by atoms with Crippen LogP contribution in [-0.4, -0.2) is 18.5 Å². The molecule has 0 aliphatic carbocycles. The molecular formula is C14H11NO3S2. The molecule has 0 unspecified atom stereocenters. The average molecular weight is 305 g/mol. The van der Waals surface area contributed by atoms with Crippen LogP contribution in [0.15, 0.2) is 69.1 Å². The van der Waals surface area contributed by atoms with Gasteiger partial charge in [-0.15, -0.1) is 0 Å². The van der Waals surface area contributed by atoms with Gasteiger partial charge >= 0.3 is 0 Å². The Morgan fingerprint density at radius 2 is 1.70 bits per heavy atom. The van der Waals surface area contributed by atoms with Crippen LogP contribution in [0.2, 0.25) is 0 Å². The summed E-state index contributed by atoms with van der Waals surface area (Å²) in [5.41, 5.74) is 1.39. The normalized spacial score (nSPS) is 11.8. The molecule has 1 heterocycles. The Bertz CT molecular complexity index is 793. The maximum atomic E-state index is 12.1. The van der Waals surface area contributed by atoms with Crippen LogP contribution in [0.5, 0.6) is 0 Å². The molecule has 4 nitrogen and oxygen atoms in total. The zero-order chi connectivity index (χ0) is 14.0. The second kappa shape index (κ2) is 5.30. The molecule has 1 aromatic heterocycles. The molecule has 6 heteroatoms. The summed E-state index contributed by atoms with van der Waals surface area (Å²) in [6.07, 6.45) is 0. The Labute approximate surface area is 120 Å². The van der Waals surface area contributed by atoms with Crippen LogP contribution in [0.25, 0.3) is 11.1 Å². The summed E-state index contributed by atoms with van der Waals surface area (Å²) in [6, 6.07) is 15.7. The molecule has 0 N–H and O–H groups in total. The monoisotopic (exact) mass is 305 g/mol. The quantitative estimate of drug-likeness (QED) is 0.692. The number of para-hydroxylation sites is 2. The largest absolute Gasteiger partial charge is 0.431 e. The van der Waals surface area contributed by atoms with Gasteiger partial charge in [-0.2, -0.15) is 0 Å². The highest BCUT2D eigenvalue weighted by atomic mass is 32.3. The SMILES string of the molecule is O=S(=O)(CSc1nc2ccccc2o1)c1ccccc1. The van der Waals surface area contributed by atoms with Gasteiger partial charge in [-0.1, -0.05) is 42.1 Å². The van der Waals surface area contributed by atoms with E-state index < -0.39 is 9.84 Å². The van der Waals surface area contributed by atoms with E-state index in [4.69, 9.17) is 4.42 Å². The first-order valence-corrected chi connectivity index (χ1v) is 8.55. The number of hydrogen-bond acceptors (Lipinski definition) is 5. The van der Waals surface area contributed by atoms with Crippen LogP contribution in [0.1, 0.15) is 0 Å². The van der Waals surface area contributed by atoms with Crippen molar-refractivity contribution in [1.29, 1.82) is 0 Å². The van der Waals surface area contributed by atoms with Crippen molar-refractivity contribution in [3.63, 3.8) is 0 Å². The first kappa shape index (κ1) is 13.2. The van der Waals surface area contributed by atoms with E-state index in [1.54, 1.807) is 36.4 Å². The lowest BCUT2D eigenvalue weighted by Gasteiger charge is -2.01. The van der Waals surface area contributed by atoms with Crippen molar-refractivity contribution in [3.8, 4) is 0 Å². The third-order valence-corrected chi connectivity index (χ3v) is 5.84. The minimum absolute atomic E-state index is 0.0934. The zero-order valence-corrected chi connectivity index (χ0v) is 12.0. The Kier molecular flexibility index (Phi) is 3.50. The van der Waals surface area contributed by atoms with Gasteiger partial charge in [0, 0.05) is 0 Å². The zero-order valence-electron chi connectivity index (χ0n) is 10.4. The van der Waals surface area contributed by atoms with Crippen molar-refractivity contribution in [1.82, 2.24) is 4.98 Å². The van der Waals surface area contributed by atoms with Gasteiger partial charge in [0.05, 0.1) is 4.90 Å². The average Bonchev–Trinajstić information content (AvgIpc) is 2.89. The number of thioether (sulfide) groups is 1. The summed E-state index contributed by atoms with van der Waals surface area (Å²) in [7, 11) is -3.33. The predicted octanol–water partition coefficient (Wildman–Crippen LogP) is 3.35. The number of sulfone groups is 1. The first-order chi connectivity index (χ1) is 9.65. The Balaban J connectivity index is 1.79. The molecule has 0 atom stereocenters. The summed E-state index contributed by atoms with van der Waals surface area (Å²) in [6.45, 7) is 0. The first-order valence-electron chi connectivity index (χ1n) is 5.91. The number of rotatable bonds is 4. The number of hydrogen-bond donors (Lipinski definition) is 0. The van der Waals surface area contributed by atoms with Crippen molar-refractivity contribution in [2.45, 2.75) is 10.1 Å². The maximum absolute atomic E-state index is 12.1. The van der Waals surface area contributed by atoms with E-state index in [-0.39, 0.29) is 5.08 Å². The summed E-state index contributed by atoms with van der Waals surface area (Å²) in [5, 5.41) is 0.273. The molecule has 0 radical (unpaired) electrons. The third-order valence-electron chi connectivity index (χ3n) is 2.71. The highest BCUT2D eigenvalue weighted by molar-refractivity contribution is 8.12. The van der Waals surface area contributed by atoms with E-state index in [1.165, 1.54) is 0 Å². The van der Waals surface area contributed by atoms with Gasteiger partial charge in [0.15, 0.2) is 15.4 Å². The lowest BCUT2D eigenvalue weighted by molar-refractivity contribution is 0.490. The molecule has 0 fully saturated rings. The standard InChI is InChI=1S/C14H11NO3S2/c16-20(17,11-6-2-1-3-7-11)10-19-14-15-12-8-4-5-9-13(12)18-14/h1-9H,10H2. The number of aromatic nitrogens is 1. The van der Waals surface area contributed by atoms with Gasteiger partial charge in [0.25, 0.3) is 5.22 Å². The molecule has 0 spiro atoms. The summed E-state index contributed by atoms with van der Waals surface area (Å²) in [4.78, 5) is 4.55. The smallest absolute Gasteiger partial charge is 0.257 e. The second-order valence-electron chi connectivity index (χ2n) is 4.14. The van der Waals surface area contributed by atoms with Gasteiger partial charge in [-0.25, -0.2) is 13.4 Å². The van der Waals surface area contributed by atoms with Crippen LogP contribution < -0.4 is 0 Å². The minimum atomic E-state index is -3.33. The van der Waals surface area contributed by atoms with Crippen molar-refractivity contribution in [2.24, 2.45) is 0 Å². The van der Waals surface area contributed by atoms with E-state index in [0.717, 1.165) is 17.3 Å². The number of fused-ring (bicyclic) bond motifs is 1. The summed E-state index contributed by atoms with van der Waals surface area (Å²) >= 11 is 1.08. The van der Waals surface area contributed by atoms with Crippen molar-refractivity contribution >= 4 is 32.7 Å². The Morgan fingerprint density at radius 3 is 2.45 bits per heavy atom. The molecule has 0 saturated heterocycles. The second-order valence-corrected chi connectivity index (χ2v) is 7.42. The van der Waals surface area contributed by atoms with Gasteiger partial charge in [-0.3, -0.25) is 0 Å². The fourth-order valence-electron chi connectivity index (χ4n) is 1.74. The van der Waals surface area contributed by atoms with Crippen LogP contribution in [0.4, 0.5) is 0 Å². The van der Waals surface area contributed by atoms with E-state index >= 15 is 0 Å². The number of benzene rings is 2. The van der Waals surface area contributed by atoms with E-state index in [0.29, 0.717) is 15.7 Å². The molecule has 3 aromatic rings. The molecule has 102 valence electrons. The maximum Gasteiger partial charge on any atom is 0.257 e. The van der Waals surface area contributed by atoms with Gasteiger partial charge in [0.1, 0.15) is 10.6 Å². The molecule has 0 bridgehead atoms. The molecule has 3 rings (SSSR count). The molecule has 0 aliphatic heterocycles. The Hall–Kier alpha value is -1.79. The number of oxazole rings is 1. The minimum Gasteiger partial charge on any atom is -0.431 e. The highest BCUT2D eigenvalue weighted by Gasteiger charge is 2.16. The Morgan fingerprint density at radius 1 is 1.00 bits per heavy atom. The molecule has 0 amide bonds. The van der Waals surface area contributed by atoms with Crippen LogP contribution in [0.3, 0.4) is 0 Å². The lowest BCUT2D eigenvalue weighted by Crippen LogP contribution is -2.03. The van der Waals surface area contributed by atoms with Crippen molar-refractivity contribution in [2.75, 3.05) is 5.08 Å². The van der Waals surface area contributed by atoms with E-state index in [1.807, 2.05) is 18.2 Å². The van der Waals surface area contributed by atoms with Gasteiger partial charge in [0.2, 0.25) is 0 Å². The van der Waals surface area contributed by atoms with E-state index in [9.17, 15) is 8.42 Å². The van der Waals surface area contributed by atoms with Crippen molar-refractivity contribution < 1.29 is 12.8 Å². The summed E-state index contributed by atoms with van der Waals surface area (Å²) < 4.78 is 29.7.